The predicted molar refractivity (Wildman–Crippen MR) is 147 cm³/mol. The maximum atomic E-state index is 13.8. The quantitative estimate of drug-likeness (QED) is 0.245. The van der Waals surface area contributed by atoms with Crippen LogP contribution in [0.25, 0.3) is 10.9 Å². The number of benzene rings is 3. The van der Waals surface area contributed by atoms with Crippen LogP contribution in [0.3, 0.4) is 0 Å². The van der Waals surface area contributed by atoms with Crippen molar-refractivity contribution in [3.8, 4) is 0 Å². The van der Waals surface area contributed by atoms with Crippen molar-refractivity contribution in [2.24, 2.45) is 0 Å². The summed E-state index contributed by atoms with van der Waals surface area (Å²) in [5, 5.41) is 11.9. The van der Waals surface area contributed by atoms with E-state index in [2.05, 4.69) is 0 Å². The Morgan fingerprint density at radius 1 is 1.00 bits per heavy atom. The molecule has 3 aromatic carbocycles. The van der Waals surface area contributed by atoms with Gasteiger partial charge in [-0.15, -0.1) is 0 Å². The molecule has 37 heavy (non-hydrogen) atoms. The Morgan fingerprint density at radius 2 is 1.65 bits per heavy atom. The fourth-order valence-electron chi connectivity index (χ4n) is 3.89. The summed E-state index contributed by atoms with van der Waals surface area (Å²) in [6.07, 6.45) is -1.68. The van der Waals surface area contributed by atoms with Crippen LogP contribution in [0.4, 0.5) is 0 Å². The van der Waals surface area contributed by atoms with Crippen molar-refractivity contribution in [1.29, 1.82) is 0 Å². The van der Waals surface area contributed by atoms with Crippen LogP contribution < -0.4 is 5.46 Å². The van der Waals surface area contributed by atoms with E-state index in [-0.39, 0.29) is 47.8 Å². The standard InChI is InChI=1S/C26H21BCl3NO5S/c1-26(2,3)36-25(33)16-9-10-18(28)22(23(16)30)24(32)21-13-17-19(29)11-14(27)12-20(17)31(21)37(34,35)15-7-5-4-6-8-15/h4-13,24,32H,1-3H3. The number of carbonyl (C=O) groups excluding carboxylic acids is 1. The highest BCUT2D eigenvalue weighted by atomic mass is 35.5. The summed E-state index contributed by atoms with van der Waals surface area (Å²) < 4.78 is 34.0. The number of esters is 1. The number of hydrogen-bond donors (Lipinski definition) is 1. The molecule has 1 aromatic heterocycles. The molecular weight excluding hydrogens is 556 g/mol. The van der Waals surface area contributed by atoms with Crippen LogP contribution in [-0.2, 0) is 14.8 Å². The molecule has 1 N–H and O–H groups in total. The maximum Gasteiger partial charge on any atom is 0.340 e. The van der Waals surface area contributed by atoms with E-state index < -0.39 is 27.7 Å². The number of aromatic nitrogens is 1. The third-order valence-electron chi connectivity index (χ3n) is 5.46. The highest BCUT2D eigenvalue weighted by Crippen LogP contribution is 2.40. The molecule has 6 nitrogen and oxygen atoms in total. The van der Waals surface area contributed by atoms with Gasteiger partial charge in [0.25, 0.3) is 10.0 Å². The molecule has 0 fully saturated rings. The van der Waals surface area contributed by atoms with Crippen LogP contribution in [0.5, 0.6) is 0 Å². The fraction of sp³-hybridized carbons (Fsp3) is 0.192. The number of ether oxygens (including phenoxy) is 1. The molecule has 0 aliphatic rings. The van der Waals surface area contributed by atoms with Crippen LogP contribution in [-0.4, -0.2) is 36.9 Å². The Kier molecular flexibility index (Phi) is 7.45. The smallest absolute Gasteiger partial charge is 0.340 e. The molecule has 1 unspecified atom stereocenters. The van der Waals surface area contributed by atoms with Crippen molar-refractivity contribution < 1.29 is 23.1 Å². The summed E-state index contributed by atoms with van der Waals surface area (Å²) in [6, 6.07) is 14.8. The highest BCUT2D eigenvalue weighted by molar-refractivity contribution is 7.90. The minimum Gasteiger partial charge on any atom is -0.456 e. The second kappa shape index (κ2) is 10.0. The van der Waals surface area contributed by atoms with Crippen LogP contribution >= 0.6 is 34.8 Å². The van der Waals surface area contributed by atoms with E-state index >= 15 is 0 Å². The van der Waals surface area contributed by atoms with E-state index in [9.17, 15) is 18.3 Å². The minimum absolute atomic E-state index is 0.0179. The van der Waals surface area contributed by atoms with Gasteiger partial charge in [0.05, 0.1) is 26.7 Å². The lowest BCUT2D eigenvalue weighted by Crippen LogP contribution is -2.24. The van der Waals surface area contributed by atoms with E-state index in [0.29, 0.717) is 5.39 Å². The molecule has 0 aliphatic carbocycles. The predicted octanol–water partition coefficient (Wildman–Crippen LogP) is 5.67. The van der Waals surface area contributed by atoms with E-state index in [0.717, 1.165) is 3.97 Å². The normalized spacial score (nSPS) is 13.1. The first-order valence-corrected chi connectivity index (χ1v) is 13.6. The first-order chi connectivity index (χ1) is 17.2. The molecule has 0 aliphatic heterocycles. The first kappa shape index (κ1) is 27.5. The average Bonchev–Trinajstić information content (AvgIpc) is 3.19. The van der Waals surface area contributed by atoms with Crippen LogP contribution in [0.2, 0.25) is 15.1 Å². The van der Waals surface area contributed by atoms with E-state index in [4.69, 9.17) is 47.4 Å². The molecule has 2 radical (unpaired) electrons. The summed E-state index contributed by atoms with van der Waals surface area (Å²) >= 11 is 19.4. The van der Waals surface area contributed by atoms with Gasteiger partial charge in [-0.3, -0.25) is 0 Å². The summed E-state index contributed by atoms with van der Waals surface area (Å²) in [4.78, 5) is 12.7. The highest BCUT2D eigenvalue weighted by Gasteiger charge is 2.32. The molecule has 4 aromatic rings. The van der Waals surface area contributed by atoms with E-state index in [1.165, 1.54) is 42.5 Å². The Morgan fingerprint density at radius 3 is 2.27 bits per heavy atom. The summed E-state index contributed by atoms with van der Waals surface area (Å²) in [7, 11) is 1.72. The molecule has 1 heterocycles. The number of rotatable bonds is 5. The lowest BCUT2D eigenvalue weighted by molar-refractivity contribution is 0.00695. The zero-order chi connectivity index (χ0) is 27.3. The van der Waals surface area contributed by atoms with Crippen molar-refractivity contribution in [3.05, 3.63) is 92.6 Å². The Labute approximate surface area is 231 Å². The Bertz CT molecular complexity index is 1630. The van der Waals surface area contributed by atoms with Gasteiger partial charge in [0, 0.05) is 21.0 Å². The summed E-state index contributed by atoms with van der Waals surface area (Å²) in [5.41, 5.74) is -0.626. The van der Waals surface area contributed by atoms with Crippen LogP contribution in [0, 0.1) is 0 Å². The molecule has 1 atom stereocenters. The molecular formula is C26H21BCl3NO5S. The number of aliphatic hydroxyl groups excluding tert-OH is 1. The van der Waals surface area contributed by atoms with Crippen molar-refractivity contribution in [2.75, 3.05) is 0 Å². The molecule has 11 heteroatoms. The van der Waals surface area contributed by atoms with Gasteiger partial charge < -0.3 is 9.84 Å². The molecule has 0 saturated heterocycles. The molecule has 0 spiro atoms. The van der Waals surface area contributed by atoms with Gasteiger partial charge in [-0.2, -0.15) is 0 Å². The van der Waals surface area contributed by atoms with Crippen molar-refractivity contribution in [3.63, 3.8) is 0 Å². The second-order valence-corrected chi connectivity index (χ2v) is 12.3. The molecule has 0 amide bonds. The number of halogens is 3. The van der Waals surface area contributed by atoms with Gasteiger partial charge in [-0.25, -0.2) is 17.2 Å². The second-order valence-electron chi connectivity index (χ2n) is 9.31. The van der Waals surface area contributed by atoms with E-state index in [1.54, 1.807) is 39.0 Å². The lowest BCUT2D eigenvalue weighted by Gasteiger charge is -2.22. The summed E-state index contributed by atoms with van der Waals surface area (Å²) in [6.45, 7) is 5.10. The van der Waals surface area contributed by atoms with Crippen molar-refractivity contribution in [2.45, 2.75) is 37.4 Å². The fourth-order valence-corrected chi connectivity index (χ4v) is 6.38. The van der Waals surface area contributed by atoms with Gasteiger partial charge in [0.15, 0.2) is 0 Å². The molecule has 190 valence electrons. The van der Waals surface area contributed by atoms with Gasteiger partial charge in [0.1, 0.15) is 19.6 Å². The van der Waals surface area contributed by atoms with Crippen LogP contribution in [0.15, 0.2) is 65.6 Å². The molecule has 4 rings (SSSR count). The lowest BCUT2D eigenvalue weighted by atomic mass is 9.95. The SMILES string of the molecule is [B]c1cc(Cl)c2cc(C(O)c3c(Cl)ccc(C(=O)OC(C)(C)C)c3Cl)n(S(=O)(=O)c3ccccc3)c2c1. The number of nitrogens with zero attached hydrogens (tertiary/aromatic N) is 1. The maximum absolute atomic E-state index is 13.8. The number of hydrogen-bond acceptors (Lipinski definition) is 5. The average molecular weight is 577 g/mol. The topological polar surface area (TPSA) is 85.6 Å². The third kappa shape index (κ3) is 5.26. The van der Waals surface area contributed by atoms with Crippen LogP contribution in [0.1, 0.15) is 48.5 Å². The number of aliphatic hydroxyl groups is 1. The largest absolute Gasteiger partial charge is 0.456 e. The zero-order valence-electron chi connectivity index (χ0n) is 20.0. The number of fused-ring (bicyclic) bond motifs is 1. The molecule has 0 bridgehead atoms. The van der Waals surface area contributed by atoms with Gasteiger partial charge in [0.2, 0.25) is 0 Å². The van der Waals surface area contributed by atoms with Gasteiger partial charge in [-0.1, -0.05) is 58.5 Å². The third-order valence-corrected chi connectivity index (χ3v) is 8.26. The number of carbonyl (C=O) groups is 1. The van der Waals surface area contributed by atoms with Crippen molar-refractivity contribution >= 4 is 75.0 Å². The van der Waals surface area contributed by atoms with Gasteiger partial charge >= 0.3 is 5.97 Å². The molecule has 0 saturated carbocycles. The van der Waals surface area contributed by atoms with Gasteiger partial charge in [-0.05, 0) is 63.2 Å². The zero-order valence-corrected chi connectivity index (χ0v) is 23.1. The Balaban J connectivity index is 1.99. The Hall–Kier alpha value is -2.49. The monoisotopic (exact) mass is 575 g/mol. The van der Waals surface area contributed by atoms with E-state index in [1.807, 2.05) is 0 Å². The van der Waals surface area contributed by atoms with Crippen molar-refractivity contribution in [1.82, 2.24) is 3.97 Å². The summed E-state index contributed by atoms with van der Waals surface area (Å²) in [5.74, 6) is -0.726. The first-order valence-electron chi connectivity index (χ1n) is 11.0. The minimum atomic E-state index is -4.25.